The minimum atomic E-state index is 0.313. The van der Waals surface area contributed by atoms with Gasteiger partial charge in [0.1, 0.15) is 11.5 Å². The number of fused-ring (bicyclic) bond motifs is 1. The van der Waals surface area contributed by atoms with Crippen molar-refractivity contribution in [2.75, 3.05) is 53.0 Å². The van der Waals surface area contributed by atoms with Crippen LogP contribution in [0.4, 0.5) is 0 Å². The van der Waals surface area contributed by atoms with Crippen LogP contribution >= 0.6 is 11.3 Å². The number of likely N-dealkylation sites (tertiary alicyclic amines) is 1. The lowest BCUT2D eigenvalue weighted by molar-refractivity contribution is 0.0339. The maximum absolute atomic E-state index is 10.2. The van der Waals surface area contributed by atoms with Crippen molar-refractivity contribution in [1.29, 1.82) is 0 Å². The SMILES string of the molecule is COc1cc(Cc2c(-c3ccc(CCN4CCCC4)cc3)sc3cc(O)ccc23)ccc1CN1CCOCC1. The summed E-state index contributed by atoms with van der Waals surface area (Å²) in [4.78, 5) is 6.27. The summed E-state index contributed by atoms with van der Waals surface area (Å²) >= 11 is 1.77. The highest BCUT2D eigenvalue weighted by Gasteiger charge is 2.18. The van der Waals surface area contributed by atoms with Crippen molar-refractivity contribution in [3.63, 3.8) is 0 Å². The van der Waals surface area contributed by atoms with Gasteiger partial charge in [0.05, 0.1) is 20.3 Å². The molecule has 0 unspecified atom stereocenters. The highest BCUT2D eigenvalue weighted by atomic mass is 32.1. The molecule has 204 valence electrons. The molecule has 0 atom stereocenters. The number of morpholine rings is 1. The number of thiophene rings is 1. The Balaban J connectivity index is 1.26. The van der Waals surface area contributed by atoms with Crippen molar-refractivity contribution < 1.29 is 14.6 Å². The van der Waals surface area contributed by atoms with Crippen LogP contribution < -0.4 is 4.74 Å². The Hall–Kier alpha value is -2.90. The number of rotatable bonds is 9. The minimum Gasteiger partial charge on any atom is -0.508 e. The third kappa shape index (κ3) is 6.15. The quantitative estimate of drug-likeness (QED) is 0.267. The van der Waals surface area contributed by atoms with Gasteiger partial charge in [-0.2, -0.15) is 0 Å². The molecular formula is C33H38N2O3S. The monoisotopic (exact) mass is 542 g/mol. The highest BCUT2D eigenvalue weighted by Crippen LogP contribution is 2.41. The molecule has 0 saturated carbocycles. The first-order valence-corrected chi connectivity index (χ1v) is 15.0. The average molecular weight is 543 g/mol. The number of hydrogen-bond donors (Lipinski definition) is 1. The second-order valence-electron chi connectivity index (χ2n) is 10.8. The Morgan fingerprint density at radius 1 is 0.872 bits per heavy atom. The standard InChI is InChI=1S/C33H38N2O3S/c1-37-31-21-25(6-9-27(31)23-35-16-18-38-19-17-35)20-30-29-11-10-28(36)22-32(29)39-33(30)26-7-4-24(5-8-26)12-15-34-13-2-3-14-34/h4-11,21-22,36H,2-3,12-20,23H2,1H3. The first-order chi connectivity index (χ1) is 19.2. The molecule has 6 heteroatoms. The summed E-state index contributed by atoms with van der Waals surface area (Å²) in [6.07, 6.45) is 4.59. The van der Waals surface area contributed by atoms with Crippen molar-refractivity contribution >= 4 is 21.4 Å². The van der Waals surface area contributed by atoms with E-state index in [2.05, 4.69) is 58.3 Å². The molecule has 2 saturated heterocycles. The van der Waals surface area contributed by atoms with Crippen LogP contribution in [0.2, 0.25) is 0 Å². The second kappa shape index (κ2) is 12.1. The molecule has 2 aliphatic rings. The molecular weight excluding hydrogens is 504 g/mol. The van der Waals surface area contributed by atoms with E-state index in [9.17, 15) is 5.11 Å². The lowest BCUT2D eigenvalue weighted by Crippen LogP contribution is -2.35. The topological polar surface area (TPSA) is 45.2 Å². The molecule has 39 heavy (non-hydrogen) atoms. The van der Waals surface area contributed by atoms with E-state index in [-0.39, 0.29) is 0 Å². The molecule has 1 aromatic heterocycles. The molecule has 5 nitrogen and oxygen atoms in total. The molecule has 0 spiro atoms. The summed E-state index contributed by atoms with van der Waals surface area (Å²) in [6.45, 7) is 8.02. The van der Waals surface area contributed by atoms with Gasteiger partial charge in [-0.3, -0.25) is 4.90 Å². The predicted octanol–water partition coefficient (Wildman–Crippen LogP) is 6.34. The molecule has 4 aromatic rings. The van der Waals surface area contributed by atoms with Crippen molar-refractivity contribution in [1.82, 2.24) is 9.80 Å². The van der Waals surface area contributed by atoms with Crippen LogP contribution in [0.15, 0.2) is 60.7 Å². The van der Waals surface area contributed by atoms with Crippen LogP contribution in [0.1, 0.15) is 35.1 Å². The molecule has 0 aliphatic carbocycles. The molecule has 3 heterocycles. The Kier molecular flexibility index (Phi) is 8.16. The molecule has 0 amide bonds. The molecule has 6 rings (SSSR count). The lowest BCUT2D eigenvalue weighted by Gasteiger charge is -2.27. The molecule has 3 aromatic carbocycles. The van der Waals surface area contributed by atoms with Crippen LogP contribution in [-0.4, -0.2) is 68.0 Å². The number of phenolic OH excluding ortho intramolecular Hbond substituents is 1. The van der Waals surface area contributed by atoms with Gasteiger partial charge in [-0.25, -0.2) is 0 Å². The van der Waals surface area contributed by atoms with Crippen molar-refractivity contribution in [3.05, 3.63) is 82.9 Å². The second-order valence-corrected chi connectivity index (χ2v) is 11.8. The van der Waals surface area contributed by atoms with Gasteiger partial charge in [-0.1, -0.05) is 36.4 Å². The van der Waals surface area contributed by atoms with Gasteiger partial charge in [0.2, 0.25) is 0 Å². The number of methoxy groups -OCH3 is 1. The van der Waals surface area contributed by atoms with E-state index in [0.29, 0.717) is 5.75 Å². The minimum absolute atomic E-state index is 0.313. The molecule has 2 aliphatic heterocycles. The van der Waals surface area contributed by atoms with E-state index in [1.165, 1.54) is 64.0 Å². The zero-order valence-corrected chi connectivity index (χ0v) is 23.6. The van der Waals surface area contributed by atoms with Crippen molar-refractivity contribution in [2.45, 2.75) is 32.2 Å². The maximum atomic E-state index is 10.2. The summed E-state index contributed by atoms with van der Waals surface area (Å²) in [6, 6.07) is 21.6. The Bertz CT molecular complexity index is 1400. The van der Waals surface area contributed by atoms with Crippen LogP contribution in [0.25, 0.3) is 20.5 Å². The van der Waals surface area contributed by atoms with Gasteiger partial charge < -0.3 is 19.5 Å². The largest absolute Gasteiger partial charge is 0.508 e. The zero-order valence-electron chi connectivity index (χ0n) is 22.8. The van der Waals surface area contributed by atoms with Crippen molar-refractivity contribution in [2.24, 2.45) is 0 Å². The van der Waals surface area contributed by atoms with E-state index >= 15 is 0 Å². The van der Waals surface area contributed by atoms with E-state index < -0.39 is 0 Å². The van der Waals surface area contributed by atoms with Gasteiger partial charge >= 0.3 is 0 Å². The number of phenols is 1. The number of benzene rings is 3. The summed E-state index contributed by atoms with van der Waals surface area (Å²) in [7, 11) is 1.77. The summed E-state index contributed by atoms with van der Waals surface area (Å²) in [5.74, 6) is 1.26. The van der Waals surface area contributed by atoms with Gasteiger partial charge in [-0.05, 0) is 90.7 Å². The smallest absolute Gasteiger partial charge is 0.123 e. The lowest BCUT2D eigenvalue weighted by atomic mass is 9.97. The fraction of sp³-hybridized carbons (Fsp3) is 0.394. The van der Waals surface area contributed by atoms with Gasteiger partial charge in [0.25, 0.3) is 0 Å². The van der Waals surface area contributed by atoms with E-state index in [1.807, 2.05) is 6.07 Å². The molecule has 1 N–H and O–H groups in total. The van der Waals surface area contributed by atoms with E-state index in [0.717, 1.165) is 62.7 Å². The van der Waals surface area contributed by atoms with E-state index in [4.69, 9.17) is 9.47 Å². The van der Waals surface area contributed by atoms with Gasteiger partial charge in [-0.15, -0.1) is 11.3 Å². The highest BCUT2D eigenvalue weighted by molar-refractivity contribution is 7.22. The Labute approximate surface area is 235 Å². The third-order valence-corrected chi connectivity index (χ3v) is 9.38. The predicted molar refractivity (Wildman–Crippen MR) is 160 cm³/mol. The number of hydrogen-bond acceptors (Lipinski definition) is 6. The molecule has 0 bridgehead atoms. The van der Waals surface area contributed by atoms with Gasteiger partial charge in [0, 0.05) is 41.3 Å². The third-order valence-electron chi connectivity index (χ3n) is 8.14. The fourth-order valence-electron chi connectivity index (χ4n) is 5.90. The van der Waals surface area contributed by atoms with Crippen LogP contribution in [0.3, 0.4) is 0 Å². The van der Waals surface area contributed by atoms with Crippen LogP contribution in [0.5, 0.6) is 11.5 Å². The normalized spacial score (nSPS) is 16.7. The maximum Gasteiger partial charge on any atom is 0.123 e. The summed E-state index contributed by atoms with van der Waals surface area (Å²) in [5, 5.41) is 11.4. The Morgan fingerprint density at radius 2 is 1.64 bits per heavy atom. The average Bonchev–Trinajstić information content (AvgIpc) is 3.61. The number of aromatic hydroxyl groups is 1. The fourth-order valence-corrected chi connectivity index (χ4v) is 7.16. The van der Waals surface area contributed by atoms with Crippen LogP contribution in [-0.2, 0) is 24.1 Å². The van der Waals surface area contributed by atoms with E-state index in [1.54, 1.807) is 24.5 Å². The van der Waals surface area contributed by atoms with Crippen molar-refractivity contribution in [3.8, 4) is 21.9 Å². The van der Waals surface area contributed by atoms with Gasteiger partial charge in [0.15, 0.2) is 0 Å². The number of ether oxygens (including phenoxy) is 2. The number of nitrogens with zero attached hydrogens (tertiary/aromatic N) is 2. The first-order valence-electron chi connectivity index (χ1n) is 14.2. The summed E-state index contributed by atoms with van der Waals surface area (Å²) < 4.78 is 12.5. The van der Waals surface area contributed by atoms with Crippen LogP contribution in [0, 0.1) is 0 Å². The summed E-state index contributed by atoms with van der Waals surface area (Å²) in [5.41, 5.74) is 6.39. The molecule has 2 fully saturated rings. The Morgan fingerprint density at radius 3 is 2.41 bits per heavy atom. The molecule has 0 radical (unpaired) electrons. The first kappa shape index (κ1) is 26.3. The zero-order chi connectivity index (χ0) is 26.6.